The fourth-order valence-electron chi connectivity index (χ4n) is 2.76. The Morgan fingerprint density at radius 1 is 1.41 bits per heavy atom. The summed E-state index contributed by atoms with van der Waals surface area (Å²) in [6.45, 7) is 8.69. The first-order chi connectivity index (χ1) is 10.3. The number of amides is 2. The van der Waals surface area contributed by atoms with Gasteiger partial charge in [-0.3, -0.25) is 4.79 Å². The minimum atomic E-state index is -0.510. The Hall–Kier alpha value is -1.34. The Labute approximate surface area is 131 Å². The maximum Gasteiger partial charge on any atom is 0.410 e. The van der Waals surface area contributed by atoms with Gasteiger partial charge in [0, 0.05) is 26.1 Å². The number of nitrogens with two attached hydrogens (primary N) is 1. The van der Waals surface area contributed by atoms with Crippen LogP contribution < -0.4 is 5.73 Å². The van der Waals surface area contributed by atoms with Crippen LogP contribution in [0, 0.1) is 5.92 Å². The van der Waals surface area contributed by atoms with Crippen LogP contribution in [0.5, 0.6) is 0 Å². The predicted octanol–water partition coefficient (Wildman–Crippen LogP) is 0.430. The van der Waals surface area contributed by atoms with Gasteiger partial charge in [0.1, 0.15) is 5.60 Å². The quantitative estimate of drug-likeness (QED) is 0.816. The highest BCUT2D eigenvalue weighted by molar-refractivity contribution is 5.78. The van der Waals surface area contributed by atoms with E-state index in [9.17, 15) is 9.59 Å². The average Bonchev–Trinajstić information content (AvgIpc) is 2.78. The zero-order valence-corrected chi connectivity index (χ0v) is 13.7. The Balaban J connectivity index is 1.86. The molecule has 0 aromatic rings. The molecule has 22 heavy (non-hydrogen) atoms. The van der Waals surface area contributed by atoms with Gasteiger partial charge in [-0.15, -0.1) is 0 Å². The molecular formula is C15H27N3O4. The number of likely N-dealkylation sites (tertiary alicyclic amines) is 1. The molecule has 2 aliphatic heterocycles. The van der Waals surface area contributed by atoms with Crippen molar-refractivity contribution in [2.45, 2.75) is 38.9 Å². The summed E-state index contributed by atoms with van der Waals surface area (Å²) in [7, 11) is 0. The highest BCUT2D eigenvalue weighted by Gasteiger charge is 2.33. The Bertz CT molecular complexity index is 422. The van der Waals surface area contributed by atoms with Gasteiger partial charge in [-0.25, -0.2) is 4.79 Å². The Kier molecular flexibility index (Phi) is 5.28. The van der Waals surface area contributed by atoms with Gasteiger partial charge in [0.2, 0.25) is 5.91 Å². The summed E-state index contributed by atoms with van der Waals surface area (Å²) in [6.07, 6.45) is 0.0223. The summed E-state index contributed by atoms with van der Waals surface area (Å²) in [6, 6.07) is 0. The van der Waals surface area contributed by atoms with Crippen molar-refractivity contribution in [1.82, 2.24) is 9.80 Å². The van der Waals surface area contributed by atoms with Crippen molar-refractivity contribution in [3.05, 3.63) is 0 Å². The minimum Gasteiger partial charge on any atom is -0.444 e. The summed E-state index contributed by atoms with van der Waals surface area (Å²) >= 11 is 0. The molecule has 2 N–H and O–H groups in total. The number of rotatable bonds is 3. The van der Waals surface area contributed by atoms with Gasteiger partial charge in [-0.05, 0) is 33.2 Å². The zero-order valence-electron chi connectivity index (χ0n) is 13.7. The SMILES string of the molecule is CC(C)(C)OC(=O)N1CCO[C@H](CN2CC(CN)CC2=O)C1. The minimum absolute atomic E-state index is 0.119. The fraction of sp³-hybridized carbons (Fsp3) is 0.867. The number of carbonyl (C=O) groups excluding carboxylic acids is 2. The third-order valence-corrected chi connectivity index (χ3v) is 3.84. The van der Waals surface area contributed by atoms with Crippen molar-refractivity contribution in [1.29, 1.82) is 0 Å². The number of nitrogens with zero attached hydrogens (tertiary/aromatic N) is 2. The average molecular weight is 313 g/mol. The van der Waals surface area contributed by atoms with Crippen LogP contribution in [0.3, 0.4) is 0 Å². The molecule has 0 aliphatic carbocycles. The number of hydrogen-bond acceptors (Lipinski definition) is 5. The summed E-state index contributed by atoms with van der Waals surface area (Å²) < 4.78 is 11.1. The van der Waals surface area contributed by atoms with Crippen LogP contribution in [0.15, 0.2) is 0 Å². The van der Waals surface area contributed by atoms with Gasteiger partial charge < -0.3 is 25.0 Å². The van der Waals surface area contributed by atoms with E-state index in [-0.39, 0.29) is 24.0 Å². The normalized spacial score (nSPS) is 26.5. The molecular weight excluding hydrogens is 286 g/mol. The van der Waals surface area contributed by atoms with Crippen LogP contribution in [-0.2, 0) is 14.3 Å². The summed E-state index contributed by atoms with van der Waals surface area (Å²) in [5.41, 5.74) is 5.12. The number of ether oxygens (including phenoxy) is 2. The first-order valence-electron chi connectivity index (χ1n) is 7.86. The molecule has 2 fully saturated rings. The third-order valence-electron chi connectivity index (χ3n) is 3.84. The third kappa shape index (κ3) is 4.58. The molecule has 0 aromatic carbocycles. The monoisotopic (exact) mass is 313 g/mol. The molecule has 7 heteroatoms. The lowest BCUT2D eigenvalue weighted by atomic mass is 10.1. The molecule has 0 aromatic heterocycles. The molecule has 2 amide bonds. The maximum atomic E-state index is 12.1. The molecule has 2 rings (SSSR count). The second kappa shape index (κ2) is 6.83. The van der Waals surface area contributed by atoms with E-state index in [0.29, 0.717) is 45.8 Å². The molecule has 0 bridgehead atoms. The lowest BCUT2D eigenvalue weighted by Crippen LogP contribution is -2.51. The van der Waals surface area contributed by atoms with E-state index < -0.39 is 5.60 Å². The van der Waals surface area contributed by atoms with Crippen LogP contribution in [0.1, 0.15) is 27.2 Å². The van der Waals surface area contributed by atoms with Gasteiger partial charge in [-0.1, -0.05) is 0 Å². The topological polar surface area (TPSA) is 85.1 Å². The first-order valence-corrected chi connectivity index (χ1v) is 7.86. The lowest BCUT2D eigenvalue weighted by Gasteiger charge is -2.35. The van der Waals surface area contributed by atoms with Gasteiger partial charge in [-0.2, -0.15) is 0 Å². The molecule has 1 unspecified atom stereocenters. The summed E-state index contributed by atoms with van der Waals surface area (Å²) in [4.78, 5) is 27.5. The fourth-order valence-corrected chi connectivity index (χ4v) is 2.76. The van der Waals surface area contributed by atoms with Crippen LogP contribution in [0.2, 0.25) is 0 Å². The van der Waals surface area contributed by atoms with E-state index in [1.165, 1.54) is 0 Å². The standard InChI is InChI=1S/C15H27N3O4/c1-15(2,3)22-14(20)17-4-5-21-12(9-17)10-18-8-11(7-16)6-13(18)19/h11-12H,4-10,16H2,1-3H3/t11?,12-/m0/s1. The largest absolute Gasteiger partial charge is 0.444 e. The van der Waals surface area contributed by atoms with Crippen molar-refractivity contribution in [3.8, 4) is 0 Å². The Morgan fingerprint density at radius 3 is 2.73 bits per heavy atom. The maximum absolute atomic E-state index is 12.1. The van der Waals surface area contributed by atoms with Crippen LogP contribution in [0.25, 0.3) is 0 Å². The Morgan fingerprint density at radius 2 is 2.14 bits per heavy atom. The smallest absolute Gasteiger partial charge is 0.410 e. The molecule has 2 saturated heterocycles. The van der Waals surface area contributed by atoms with E-state index in [4.69, 9.17) is 15.2 Å². The molecule has 0 radical (unpaired) electrons. The summed E-state index contributed by atoms with van der Waals surface area (Å²) in [5, 5.41) is 0. The molecule has 7 nitrogen and oxygen atoms in total. The van der Waals surface area contributed by atoms with E-state index in [0.717, 1.165) is 0 Å². The van der Waals surface area contributed by atoms with Gasteiger partial charge in [0.15, 0.2) is 0 Å². The predicted molar refractivity (Wildman–Crippen MR) is 81.3 cm³/mol. The van der Waals surface area contributed by atoms with E-state index in [1.807, 2.05) is 20.8 Å². The number of carbonyl (C=O) groups is 2. The van der Waals surface area contributed by atoms with Crippen LogP contribution >= 0.6 is 0 Å². The second-order valence-corrected chi connectivity index (χ2v) is 7.02. The van der Waals surface area contributed by atoms with Gasteiger partial charge in [0.05, 0.1) is 19.3 Å². The molecule has 2 aliphatic rings. The van der Waals surface area contributed by atoms with Crippen molar-refractivity contribution < 1.29 is 19.1 Å². The molecule has 2 atom stereocenters. The highest BCUT2D eigenvalue weighted by Crippen LogP contribution is 2.19. The van der Waals surface area contributed by atoms with E-state index in [1.54, 1.807) is 9.80 Å². The zero-order chi connectivity index (χ0) is 16.3. The molecule has 0 spiro atoms. The van der Waals surface area contributed by atoms with Crippen molar-refractivity contribution in [2.24, 2.45) is 11.7 Å². The van der Waals surface area contributed by atoms with E-state index in [2.05, 4.69) is 0 Å². The summed E-state index contributed by atoms with van der Waals surface area (Å²) in [5.74, 6) is 0.353. The van der Waals surface area contributed by atoms with Gasteiger partial charge >= 0.3 is 6.09 Å². The lowest BCUT2D eigenvalue weighted by molar-refractivity contribution is -0.130. The number of morpholine rings is 1. The molecule has 2 heterocycles. The number of hydrogen-bond donors (Lipinski definition) is 1. The van der Waals surface area contributed by atoms with Crippen LogP contribution in [-0.4, -0.2) is 72.8 Å². The van der Waals surface area contributed by atoms with Gasteiger partial charge in [0.25, 0.3) is 0 Å². The van der Waals surface area contributed by atoms with E-state index >= 15 is 0 Å². The van der Waals surface area contributed by atoms with Crippen LogP contribution in [0.4, 0.5) is 4.79 Å². The van der Waals surface area contributed by atoms with Crippen molar-refractivity contribution in [3.63, 3.8) is 0 Å². The van der Waals surface area contributed by atoms with Crippen molar-refractivity contribution in [2.75, 3.05) is 39.3 Å². The second-order valence-electron chi connectivity index (χ2n) is 7.02. The van der Waals surface area contributed by atoms with Crippen molar-refractivity contribution >= 4 is 12.0 Å². The molecule has 126 valence electrons. The first kappa shape index (κ1) is 17.0. The highest BCUT2D eigenvalue weighted by atomic mass is 16.6. The molecule has 0 saturated carbocycles.